The third kappa shape index (κ3) is 3.17. The minimum Gasteiger partial charge on any atom is -0.497 e. The molecule has 0 aliphatic carbocycles. The summed E-state index contributed by atoms with van der Waals surface area (Å²) < 4.78 is 12.4. The highest BCUT2D eigenvalue weighted by atomic mass is 16.5. The lowest BCUT2D eigenvalue weighted by molar-refractivity contribution is 0.0946. The first-order valence-corrected chi connectivity index (χ1v) is 7.55. The van der Waals surface area contributed by atoms with E-state index in [4.69, 9.17) is 9.47 Å². The van der Waals surface area contributed by atoms with Crippen LogP contribution < -0.4 is 14.8 Å². The molecule has 0 atom stereocenters. The summed E-state index contributed by atoms with van der Waals surface area (Å²) in [5, 5.41) is 2.87. The van der Waals surface area contributed by atoms with Crippen molar-refractivity contribution in [1.29, 1.82) is 0 Å². The quantitative estimate of drug-likeness (QED) is 0.783. The summed E-state index contributed by atoms with van der Waals surface area (Å²) in [5.41, 5.74) is 3.10. The number of aryl methyl sites for hydroxylation is 1. The number of benzene rings is 1. The Morgan fingerprint density at radius 2 is 2.00 bits per heavy atom. The topological polar surface area (TPSA) is 64.9 Å². The molecule has 0 fully saturated rings. The fourth-order valence-electron chi connectivity index (χ4n) is 2.48. The lowest BCUT2D eigenvalue weighted by Gasteiger charge is -2.10. The molecule has 1 N–H and O–H groups in total. The summed E-state index contributed by atoms with van der Waals surface area (Å²) in [6.07, 6.45) is 3.66. The van der Waals surface area contributed by atoms with Gasteiger partial charge in [-0.2, -0.15) is 0 Å². The summed E-state index contributed by atoms with van der Waals surface area (Å²) in [5.74, 6) is 1.15. The Hall–Kier alpha value is -3.02. The van der Waals surface area contributed by atoms with E-state index in [0.29, 0.717) is 23.7 Å². The number of hydrogen-bond acceptors (Lipinski definition) is 4. The van der Waals surface area contributed by atoms with Crippen LogP contribution in [0.3, 0.4) is 0 Å². The zero-order valence-corrected chi connectivity index (χ0v) is 13.9. The molecule has 0 aliphatic rings. The summed E-state index contributed by atoms with van der Waals surface area (Å²) in [6.45, 7) is 2.34. The molecule has 24 heavy (non-hydrogen) atoms. The Morgan fingerprint density at radius 3 is 2.75 bits per heavy atom. The summed E-state index contributed by atoms with van der Waals surface area (Å²) in [7, 11) is 3.19. The van der Waals surface area contributed by atoms with E-state index in [2.05, 4.69) is 10.3 Å². The molecule has 6 heteroatoms. The highest BCUT2D eigenvalue weighted by Gasteiger charge is 2.12. The highest BCUT2D eigenvalue weighted by Crippen LogP contribution is 2.24. The lowest BCUT2D eigenvalue weighted by Crippen LogP contribution is -2.23. The van der Waals surface area contributed by atoms with E-state index in [-0.39, 0.29) is 5.91 Å². The van der Waals surface area contributed by atoms with Gasteiger partial charge in [0.2, 0.25) is 0 Å². The number of fused-ring (bicyclic) bond motifs is 1. The fraction of sp³-hybridized carbons (Fsp3) is 0.222. The Labute approximate surface area is 140 Å². The molecule has 0 radical (unpaired) electrons. The predicted octanol–water partition coefficient (Wildman–Crippen LogP) is 2.59. The van der Waals surface area contributed by atoms with Gasteiger partial charge < -0.3 is 19.2 Å². The van der Waals surface area contributed by atoms with Crippen molar-refractivity contribution in [3.05, 3.63) is 59.5 Å². The van der Waals surface area contributed by atoms with Gasteiger partial charge in [-0.15, -0.1) is 0 Å². The Bertz CT molecular complexity index is 886. The van der Waals surface area contributed by atoms with Crippen LogP contribution in [0.15, 0.2) is 42.7 Å². The van der Waals surface area contributed by atoms with Gasteiger partial charge in [0.05, 0.1) is 14.2 Å². The van der Waals surface area contributed by atoms with Crippen molar-refractivity contribution >= 4 is 11.6 Å². The van der Waals surface area contributed by atoms with Gasteiger partial charge in [-0.1, -0.05) is 6.07 Å². The normalized spacial score (nSPS) is 10.6. The lowest BCUT2D eigenvalue weighted by atomic mass is 10.2. The van der Waals surface area contributed by atoms with Crippen LogP contribution in [0.4, 0.5) is 0 Å². The Kier molecular flexibility index (Phi) is 4.37. The number of aromatic nitrogens is 2. The maximum absolute atomic E-state index is 12.3. The first-order chi connectivity index (χ1) is 11.6. The van der Waals surface area contributed by atoms with Crippen molar-refractivity contribution in [2.24, 2.45) is 0 Å². The average molecular weight is 325 g/mol. The Morgan fingerprint density at radius 1 is 1.17 bits per heavy atom. The molecule has 0 spiro atoms. The van der Waals surface area contributed by atoms with Crippen LogP contribution in [0.25, 0.3) is 5.65 Å². The number of amides is 1. The number of rotatable bonds is 5. The third-order valence-electron chi connectivity index (χ3n) is 3.77. The second kappa shape index (κ2) is 6.62. The largest absolute Gasteiger partial charge is 0.497 e. The second-order valence-electron chi connectivity index (χ2n) is 5.46. The van der Waals surface area contributed by atoms with Crippen molar-refractivity contribution in [1.82, 2.24) is 14.7 Å². The van der Waals surface area contributed by atoms with E-state index in [1.54, 1.807) is 26.5 Å². The van der Waals surface area contributed by atoms with Crippen molar-refractivity contribution in [2.75, 3.05) is 14.2 Å². The van der Waals surface area contributed by atoms with Crippen LogP contribution in [0, 0.1) is 6.92 Å². The Balaban J connectivity index is 1.75. The maximum atomic E-state index is 12.3. The molecule has 0 unspecified atom stereocenters. The van der Waals surface area contributed by atoms with Crippen LogP contribution >= 0.6 is 0 Å². The molecule has 0 aliphatic heterocycles. The van der Waals surface area contributed by atoms with E-state index in [1.165, 1.54) is 0 Å². The average Bonchev–Trinajstić information content (AvgIpc) is 3.02. The SMILES string of the molecule is COc1ccc(CNC(=O)c2cn3cc(C)ccc3n2)c(OC)c1. The van der Waals surface area contributed by atoms with Crippen LogP contribution in [-0.2, 0) is 6.54 Å². The molecule has 3 rings (SSSR count). The number of pyridine rings is 1. The maximum Gasteiger partial charge on any atom is 0.271 e. The van der Waals surface area contributed by atoms with E-state index >= 15 is 0 Å². The molecule has 0 bridgehead atoms. The minimum absolute atomic E-state index is 0.228. The second-order valence-corrected chi connectivity index (χ2v) is 5.46. The van der Waals surface area contributed by atoms with E-state index < -0.39 is 0 Å². The predicted molar refractivity (Wildman–Crippen MR) is 90.6 cm³/mol. The van der Waals surface area contributed by atoms with Gasteiger partial charge in [-0.25, -0.2) is 4.98 Å². The van der Waals surface area contributed by atoms with Crippen molar-refractivity contribution in [3.63, 3.8) is 0 Å². The van der Waals surface area contributed by atoms with Crippen LogP contribution in [-0.4, -0.2) is 29.5 Å². The molecular formula is C18H19N3O3. The molecule has 3 aromatic rings. The van der Waals surface area contributed by atoms with Gasteiger partial charge in [0, 0.05) is 30.6 Å². The molecule has 2 heterocycles. The summed E-state index contributed by atoms with van der Waals surface area (Å²) in [4.78, 5) is 16.7. The molecule has 1 aromatic carbocycles. The molecule has 2 aromatic heterocycles. The third-order valence-corrected chi connectivity index (χ3v) is 3.77. The zero-order valence-electron chi connectivity index (χ0n) is 13.9. The van der Waals surface area contributed by atoms with Crippen molar-refractivity contribution < 1.29 is 14.3 Å². The van der Waals surface area contributed by atoms with Gasteiger partial charge in [0.25, 0.3) is 5.91 Å². The standard InChI is InChI=1S/C18H19N3O3/c1-12-4-7-17-20-15(11-21(17)10-12)18(22)19-9-13-5-6-14(23-2)8-16(13)24-3/h4-8,10-11H,9H2,1-3H3,(H,19,22). The number of ether oxygens (including phenoxy) is 2. The van der Waals surface area contributed by atoms with Gasteiger partial charge in [-0.05, 0) is 30.7 Å². The number of hydrogen-bond donors (Lipinski definition) is 1. The number of methoxy groups -OCH3 is 2. The molecule has 1 amide bonds. The molecule has 0 saturated heterocycles. The highest BCUT2D eigenvalue weighted by molar-refractivity contribution is 5.92. The zero-order chi connectivity index (χ0) is 17.1. The van der Waals surface area contributed by atoms with Crippen LogP contribution in [0.2, 0.25) is 0 Å². The smallest absolute Gasteiger partial charge is 0.271 e. The first kappa shape index (κ1) is 15.9. The van der Waals surface area contributed by atoms with E-state index in [9.17, 15) is 4.79 Å². The van der Waals surface area contributed by atoms with E-state index in [0.717, 1.165) is 16.8 Å². The minimum atomic E-state index is -0.228. The van der Waals surface area contributed by atoms with Crippen molar-refractivity contribution in [2.45, 2.75) is 13.5 Å². The number of carbonyl (C=O) groups is 1. The summed E-state index contributed by atoms with van der Waals surface area (Å²) in [6, 6.07) is 9.34. The fourth-order valence-corrected chi connectivity index (χ4v) is 2.48. The van der Waals surface area contributed by atoms with Gasteiger partial charge in [-0.3, -0.25) is 4.79 Å². The number of nitrogens with zero attached hydrogens (tertiary/aromatic N) is 2. The van der Waals surface area contributed by atoms with Crippen LogP contribution in [0.1, 0.15) is 21.6 Å². The number of carbonyl (C=O) groups excluding carboxylic acids is 1. The van der Waals surface area contributed by atoms with Gasteiger partial charge >= 0.3 is 0 Å². The molecular weight excluding hydrogens is 306 g/mol. The van der Waals surface area contributed by atoms with Gasteiger partial charge in [0.1, 0.15) is 22.8 Å². The number of imidazole rings is 1. The van der Waals surface area contributed by atoms with Crippen LogP contribution in [0.5, 0.6) is 11.5 Å². The monoisotopic (exact) mass is 325 g/mol. The summed E-state index contributed by atoms with van der Waals surface area (Å²) >= 11 is 0. The van der Waals surface area contributed by atoms with Gasteiger partial charge in [0.15, 0.2) is 0 Å². The molecule has 0 saturated carbocycles. The molecule has 124 valence electrons. The van der Waals surface area contributed by atoms with E-state index in [1.807, 2.05) is 41.8 Å². The first-order valence-electron chi connectivity index (χ1n) is 7.55. The number of nitrogens with one attached hydrogen (secondary N) is 1. The molecule has 6 nitrogen and oxygen atoms in total. The van der Waals surface area contributed by atoms with Crippen molar-refractivity contribution in [3.8, 4) is 11.5 Å².